The van der Waals surface area contributed by atoms with E-state index < -0.39 is 0 Å². The molecule has 2 atom stereocenters. The Labute approximate surface area is 111 Å². The molecular weight excluding hydrogens is 228 g/mol. The zero-order valence-corrected chi connectivity index (χ0v) is 12.2. The molecule has 0 spiro atoms. The topological polar surface area (TPSA) is 55.6 Å². The summed E-state index contributed by atoms with van der Waals surface area (Å²) in [6.07, 6.45) is 4.11. The van der Waals surface area contributed by atoms with Crippen molar-refractivity contribution in [2.75, 3.05) is 20.2 Å². The van der Waals surface area contributed by atoms with E-state index in [9.17, 15) is 4.79 Å². The Morgan fingerprint density at radius 1 is 1.56 bits per heavy atom. The van der Waals surface area contributed by atoms with E-state index in [0.29, 0.717) is 25.0 Å². The van der Waals surface area contributed by atoms with Crippen molar-refractivity contribution in [1.29, 1.82) is 0 Å². The van der Waals surface area contributed by atoms with Crippen LogP contribution >= 0.6 is 0 Å². The molecule has 4 nitrogen and oxygen atoms in total. The predicted octanol–water partition coefficient (Wildman–Crippen LogP) is 2.62. The van der Waals surface area contributed by atoms with Gasteiger partial charge in [0.1, 0.15) is 0 Å². The van der Waals surface area contributed by atoms with Crippen LogP contribution in [0.25, 0.3) is 0 Å². The van der Waals surface area contributed by atoms with Gasteiger partial charge in [0.25, 0.3) is 0 Å². The largest absolute Gasteiger partial charge is 0.449 e. The maximum absolute atomic E-state index is 12.1. The lowest BCUT2D eigenvalue weighted by atomic mass is 9.75. The number of ether oxygens (including phenoxy) is 1. The van der Waals surface area contributed by atoms with Crippen molar-refractivity contribution in [3.63, 3.8) is 0 Å². The highest BCUT2D eigenvalue weighted by molar-refractivity contribution is 5.68. The Kier molecular flexibility index (Phi) is 5.45. The summed E-state index contributed by atoms with van der Waals surface area (Å²) in [6.45, 7) is 7.30. The van der Waals surface area contributed by atoms with E-state index in [0.717, 1.165) is 19.3 Å². The molecule has 0 aromatic heterocycles. The minimum atomic E-state index is -0.233. The Hall–Kier alpha value is -0.770. The number of hydrogen-bond acceptors (Lipinski definition) is 3. The van der Waals surface area contributed by atoms with E-state index in [1.54, 1.807) is 4.90 Å². The van der Waals surface area contributed by atoms with Gasteiger partial charge in [0.05, 0.1) is 12.1 Å². The quantitative estimate of drug-likeness (QED) is 0.841. The summed E-state index contributed by atoms with van der Waals surface area (Å²) in [5, 5.41) is 0. The Bertz CT molecular complexity index is 281. The lowest BCUT2D eigenvalue weighted by molar-refractivity contribution is 0.0336. The monoisotopic (exact) mass is 256 g/mol. The fourth-order valence-corrected chi connectivity index (χ4v) is 2.79. The van der Waals surface area contributed by atoms with Crippen LogP contribution in [0, 0.1) is 11.8 Å². The standard InChI is InChI=1S/C14H28N2O2/c1-11(2)9-18-13(17)16(4)14(10-15)7-5-6-12(3)8-14/h11-12H,5-10,15H2,1-4H3. The average molecular weight is 256 g/mol. The van der Waals surface area contributed by atoms with Crippen molar-refractivity contribution in [1.82, 2.24) is 4.90 Å². The van der Waals surface area contributed by atoms with Crippen LogP contribution < -0.4 is 5.73 Å². The zero-order chi connectivity index (χ0) is 13.8. The molecule has 0 aliphatic heterocycles. The fourth-order valence-electron chi connectivity index (χ4n) is 2.79. The number of nitrogens with zero attached hydrogens (tertiary/aromatic N) is 1. The van der Waals surface area contributed by atoms with Crippen LogP contribution in [0.4, 0.5) is 4.79 Å². The highest BCUT2D eigenvalue weighted by atomic mass is 16.6. The second-order valence-electron chi connectivity index (χ2n) is 6.16. The van der Waals surface area contributed by atoms with Crippen molar-refractivity contribution >= 4 is 6.09 Å². The van der Waals surface area contributed by atoms with Crippen LogP contribution in [-0.4, -0.2) is 36.7 Å². The van der Waals surface area contributed by atoms with E-state index in [1.807, 2.05) is 20.9 Å². The molecule has 106 valence electrons. The van der Waals surface area contributed by atoms with Gasteiger partial charge >= 0.3 is 6.09 Å². The lowest BCUT2D eigenvalue weighted by Crippen LogP contribution is -2.56. The van der Waals surface area contributed by atoms with Crippen molar-refractivity contribution in [3.05, 3.63) is 0 Å². The number of carbonyl (C=O) groups is 1. The fraction of sp³-hybridized carbons (Fsp3) is 0.929. The first-order valence-corrected chi connectivity index (χ1v) is 7.02. The number of nitrogens with two attached hydrogens (primary N) is 1. The van der Waals surface area contributed by atoms with Crippen molar-refractivity contribution in [3.8, 4) is 0 Å². The van der Waals surface area contributed by atoms with Crippen LogP contribution in [0.2, 0.25) is 0 Å². The summed E-state index contributed by atoms with van der Waals surface area (Å²) in [5.74, 6) is 0.990. The van der Waals surface area contributed by atoms with Gasteiger partial charge < -0.3 is 15.4 Å². The van der Waals surface area contributed by atoms with Crippen molar-refractivity contribution < 1.29 is 9.53 Å². The summed E-state index contributed by atoms with van der Waals surface area (Å²) in [5.41, 5.74) is 5.74. The Morgan fingerprint density at radius 2 is 2.22 bits per heavy atom. The molecule has 1 aliphatic carbocycles. The molecular formula is C14H28N2O2. The highest BCUT2D eigenvalue weighted by Crippen LogP contribution is 2.35. The normalized spacial score (nSPS) is 28.2. The number of rotatable bonds is 4. The molecule has 2 N–H and O–H groups in total. The summed E-state index contributed by atoms with van der Waals surface area (Å²) in [4.78, 5) is 13.8. The van der Waals surface area contributed by atoms with E-state index in [4.69, 9.17) is 10.5 Å². The van der Waals surface area contributed by atoms with Gasteiger partial charge in [-0.3, -0.25) is 0 Å². The lowest BCUT2D eigenvalue weighted by Gasteiger charge is -2.45. The van der Waals surface area contributed by atoms with Crippen LogP contribution in [-0.2, 0) is 4.74 Å². The highest BCUT2D eigenvalue weighted by Gasteiger charge is 2.40. The molecule has 1 fully saturated rings. The summed E-state index contributed by atoms with van der Waals surface area (Å²) < 4.78 is 5.31. The van der Waals surface area contributed by atoms with Gasteiger partial charge in [-0.25, -0.2) is 4.79 Å². The maximum atomic E-state index is 12.1. The van der Waals surface area contributed by atoms with Crippen LogP contribution in [0.1, 0.15) is 46.5 Å². The maximum Gasteiger partial charge on any atom is 0.410 e. The minimum absolute atomic E-state index is 0.203. The third-order valence-electron chi connectivity index (χ3n) is 3.97. The molecule has 1 saturated carbocycles. The van der Waals surface area contributed by atoms with Gasteiger partial charge in [-0.2, -0.15) is 0 Å². The molecule has 1 amide bonds. The predicted molar refractivity (Wildman–Crippen MR) is 73.4 cm³/mol. The SMILES string of the molecule is CC(C)COC(=O)N(C)C1(CN)CCCC(C)C1. The first-order valence-electron chi connectivity index (χ1n) is 7.02. The van der Waals surface area contributed by atoms with Gasteiger partial charge in [-0.05, 0) is 24.7 Å². The molecule has 0 heterocycles. The molecule has 0 aromatic rings. The molecule has 1 rings (SSSR count). The summed E-state index contributed by atoms with van der Waals surface area (Å²) in [7, 11) is 1.83. The summed E-state index contributed by atoms with van der Waals surface area (Å²) in [6, 6.07) is 0. The number of likely N-dealkylation sites (N-methyl/N-ethyl adjacent to an activating group) is 1. The first kappa shape index (κ1) is 15.3. The average Bonchev–Trinajstić information content (AvgIpc) is 2.34. The number of hydrogen-bond donors (Lipinski definition) is 1. The molecule has 0 radical (unpaired) electrons. The second-order valence-corrected chi connectivity index (χ2v) is 6.16. The van der Waals surface area contributed by atoms with E-state index in [1.165, 1.54) is 6.42 Å². The summed E-state index contributed by atoms with van der Waals surface area (Å²) >= 11 is 0. The van der Waals surface area contributed by atoms with Crippen LogP contribution in [0.3, 0.4) is 0 Å². The minimum Gasteiger partial charge on any atom is -0.449 e. The van der Waals surface area contributed by atoms with E-state index in [2.05, 4.69) is 6.92 Å². The van der Waals surface area contributed by atoms with Crippen LogP contribution in [0.15, 0.2) is 0 Å². The number of carbonyl (C=O) groups excluding carboxylic acids is 1. The van der Waals surface area contributed by atoms with Gasteiger partial charge in [0.2, 0.25) is 0 Å². The van der Waals surface area contributed by atoms with Crippen molar-refractivity contribution in [2.24, 2.45) is 17.6 Å². The zero-order valence-electron chi connectivity index (χ0n) is 12.2. The van der Waals surface area contributed by atoms with Crippen molar-refractivity contribution in [2.45, 2.75) is 52.0 Å². The molecule has 0 saturated heterocycles. The van der Waals surface area contributed by atoms with E-state index >= 15 is 0 Å². The van der Waals surface area contributed by atoms with E-state index in [-0.39, 0.29) is 11.6 Å². The molecule has 4 heteroatoms. The number of amides is 1. The third-order valence-corrected chi connectivity index (χ3v) is 3.97. The molecule has 2 unspecified atom stereocenters. The Balaban J connectivity index is 2.65. The first-order chi connectivity index (χ1) is 8.41. The second kappa shape index (κ2) is 6.41. The van der Waals surface area contributed by atoms with Gasteiger partial charge in [-0.15, -0.1) is 0 Å². The van der Waals surface area contributed by atoms with Crippen LogP contribution in [0.5, 0.6) is 0 Å². The molecule has 0 aromatic carbocycles. The molecule has 1 aliphatic rings. The smallest absolute Gasteiger partial charge is 0.410 e. The Morgan fingerprint density at radius 3 is 2.72 bits per heavy atom. The van der Waals surface area contributed by atoms with Gasteiger partial charge in [-0.1, -0.05) is 33.6 Å². The molecule has 0 bridgehead atoms. The van der Waals surface area contributed by atoms with Gasteiger partial charge in [0.15, 0.2) is 0 Å². The molecule has 18 heavy (non-hydrogen) atoms. The third kappa shape index (κ3) is 3.61. The van der Waals surface area contributed by atoms with Gasteiger partial charge in [0, 0.05) is 13.6 Å².